The number of rotatable bonds is 5. The van der Waals surface area contributed by atoms with Crippen LogP contribution in [0.3, 0.4) is 0 Å². The summed E-state index contributed by atoms with van der Waals surface area (Å²) in [6, 6.07) is 12.0. The summed E-state index contributed by atoms with van der Waals surface area (Å²) in [6.07, 6.45) is 1.16. The van der Waals surface area contributed by atoms with Gasteiger partial charge in [0.25, 0.3) is 5.91 Å². The third kappa shape index (κ3) is 4.44. The number of carbonyl (C=O) groups excluding carboxylic acids is 1. The van der Waals surface area contributed by atoms with Crippen molar-refractivity contribution in [2.75, 3.05) is 16.9 Å². The van der Waals surface area contributed by atoms with Gasteiger partial charge in [-0.3, -0.25) is 4.79 Å². The van der Waals surface area contributed by atoms with Crippen molar-refractivity contribution >= 4 is 65.1 Å². The molecular formula is C19H16N4O3S3. The largest absolute Gasteiger partial charge is 0.332 e. The number of hydrogen-bond acceptors (Lipinski definition) is 8. The van der Waals surface area contributed by atoms with E-state index in [1.165, 1.54) is 23.5 Å². The molecule has 7 nitrogen and oxygen atoms in total. The quantitative estimate of drug-likeness (QED) is 0.471. The molecule has 148 valence electrons. The van der Waals surface area contributed by atoms with Crippen molar-refractivity contribution in [2.45, 2.75) is 11.8 Å². The highest BCUT2D eigenvalue weighted by molar-refractivity contribution is 7.90. The SMILES string of the molecule is Cc1nc2cc(NC(=O)c3csc(Nc4ccc(S(C)(=O)=O)cc4)n3)ccc2s1. The second kappa shape index (κ2) is 7.54. The maximum absolute atomic E-state index is 12.5. The van der Waals surface area contributed by atoms with E-state index < -0.39 is 9.84 Å². The number of nitrogens with one attached hydrogen (secondary N) is 2. The van der Waals surface area contributed by atoms with Gasteiger partial charge >= 0.3 is 0 Å². The van der Waals surface area contributed by atoms with Gasteiger partial charge in [0.1, 0.15) is 5.69 Å². The van der Waals surface area contributed by atoms with Gasteiger partial charge in [-0.15, -0.1) is 22.7 Å². The minimum Gasteiger partial charge on any atom is -0.332 e. The molecule has 0 aliphatic carbocycles. The summed E-state index contributed by atoms with van der Waals surface area (Å²) < 4.78 is 24.1. The van der Waals surface area contributed by atoms with E-state index in [0.717, 1.165) is 21.5 Å². The van der Waals surface area contributed by atoms with Gasteiger partial charge in [-0.05, 0) is 49.4 Å². The lowest BCUT2D eigenvalue weighted by atomic mass is 10.3. The molecule has 2 heterocycles. The zero-order chi connectivity index (χ0) is 20.6. The highest BCUT2D eigenvalue weighted by atomic mass is 32.2. The molecule has 2 aromatic heterocycles. The lowest BCUT2D eigenvalue weighted by molar-refractivity contribution is 0.102. The molecule has 0 bridgehead atoms. The molecule has 2 aromatic carbocycles. The van der Waals surface area contributed by atoms with Crippen LogP contribution in [0, 0.1) is 6.92 Å². The third-order valence-electron chi connectivity index (χ3n) is 4.02. The summed E-state index contributed by atoms with van der Waals surface area (Å²) in [5, 5.41) is 9.08. The molecule has 10 heteroatoms. The molecule has 0 unspecified atom stereocenters. The van der Waals surface area contributed by atoms with Gasteiger partial charge in [-0.1, -0.05) is 0 Å². The van der Waals surface area contributed by atoms with E-state index >= 15 is 0 Å². The van der Waals surface area contributed by atoms with E-state index in [-0.39, 0.29) is 10.8 Å². The van der Waals surface area contributed by atoms with Crippen molar-refractivity contribution in [2.24, 2.45) is 0 Å². The van der Waals surface area contributed by atoms with Gasteiger partial charge in [-0.25, -0.2) is 18.4 Å². The number of thiazole rings is 2. The molecule has 4 rings (SSSR count). The topological polar surface area (TPSA) is 101 Å². The maximum Gasteiger partial charge on any atom is 0.275 e. The van der Waals surface area contributed by atoms with E-state index in [9.17, 15) is 13.2 Å². The Morgan fingerprint density at radius 3 is 2.48 bits per heavy atom. The van der Waals surface area contributed by atoms with Gasteiger partial charge in [0.15, 0.2) is 15.0 Å². The molecular weight excluding hydrogens is 428 g/mol. The molecule has 0 saturated heterocycles. The number of aryl methyl sites for hydroxylation is 1. The average molecular weight is 445 g/mol. The summed E-state index contributed by atoms with van der Waals surface area (Å²) >= 11 is 2.89. The van der Waals surface area contributed by atoms with Gasteiger partial charge in [0, 0.05) is 23.0 Å². The minimum atomic E-state index is -3.24. The van der Waals surface area contributed by atoms with E-state index in [4.69, 9.17) is 0 Å². The summed E-state index contributed by atoms with van der Waals surface area (Å²) in [5.41, 5.74) is 2.48. The monoisotopic (exact) mass is 444 g/mol. The normalized spacial score (nSPS) is 11.5. The number of sulfone groups is 1. The molecule has 0 atom stereocenters. The number of nitrogens with zero attached hydrogens (tertiary/aromatic N) is 2. The summed E-state index contributed by atoms with van der Waals surface area (Å²) in [4.78, 5) is 21.5. The Balaban J connectivity index is 1.45. The number of aromatic nitrogens is 2. The van der Waals surface area contributed by atoms with Crippen LogP contribution in [-0.2, 0) is 9.84 Å². The van der Waals surface area contributed by atoms with E-state index in [1.807, 2.05) is 25.1 Å². The average Bonchev–Trinajstić information content (AvgIpc) is 3.26. The number of carbonyl (C=O) groups is 1. The standard InChI is InChI=1S/C19H16N4O3S3/c1-11-20-15-9-13(5-8-17(15)28-11)21-18(24)16-10-27-19(23-16)22-12-3-6-14(7-4-12)29(2,25)26/h3-10H,1-2H3,(H,21,24)(H,22,23). The number of hydrogen-bond donors (Lipinski definition) is 2. The Morgan fingerprint density at radius 1 is 1.03 bits per heavy atom. The molecule has 29 heavy (non-hydrogen) atoms. The first-order valence-electron chi connectivity index (χ1n) is 8.49. The maximum atomic E-state index is 12.5. The predicted octanol–water partition coefficient (Wildman–Crippen LogP) is 4.46. The lowest BCUT2D eigenvalue weighted by Crippen LogP contribution is -2.12. The zero-order valence-corrected chi connectivity index (χ0v) is 17.9. The Bertz CT molecular complexity index is 1310. The van der Waals surface area contributed by atoms with Crippen LogP contribution in [0.25, 0.3) is 10.2 Å². The second-order valence-corrected chi connectivity index (χ2v) is 10.4. The molecule has 0 aliphatic heterocycles. The Hall–Kier alpha value is -2.82. The van der Waals surface area contributed by atoms with E-state index in [0.29, 0.717) is 22.2 Å². The van der Waals surface area contributed by atoms with Gasteiger partial charge < -0.3 is 10.6 Å². The molecule has 0 fully saturated rings. The van der Waals surface area contributed by atoms with Crippen LogP contribution < -0.4 is 10.6 Å². The summed E-state index contributed by atoms with van der Waals surface area (Å²) in [5.74, 6) is -0.312. The summed E-state index contributed by atoms with van der Waals surface area (Å²) in [6.45, 7) is 1.95. The van der Waals surface area contributed by atoms with Crippen LogP contribution in [-0.4, -0.2) is 30.5 Å². The minimum absolute atomic E-state index is 0.245. The number of amides is 1. The van der Waals surface area contributed by atoms with E-state index in [1.54, 1.807) is 28.8 Å². The van der Waals surface area contributed by atoms with Crippen LogP contribution >= 0.6 is 22.7 Å². The second-order valence-electron chi connectivity index (χ2n) is 6.33. The van der Waals surface area contributed by atoms with Crippen molar-refractivity contribution in [3.8, 4) is 0 Å². The first-order chi connectivity index (χ1) is 13.8. The highest BCUT2D eigenvalue weighted by Gasteiger charge is 2.13. The van der Waals surface area contributed by atoms with Gasteiger partial charge in [0.2, 0.25) is 0 Å². The van der Waals surface area contributed by atoms with Gasteiger partial charge in [-0.2, -0.15) is 0 Å². The molecule has 4 aromatic rings. The fourth-order valence-electron chi connectivity index (χ4n) is 2.66. The fraction of sp³-hybridized carbons (Fsp3) is 0.105. The molecule has 1 amide bonds. The highest BCUT2D eigenvalue weighted by Crippen LogP contribution is 2.26. The van der Waals surface area contributed by atoms with Crippen LogP contribution in [0.5, 0.6) is 0 Å². The summed E-state index contributed by atoms with van der Waals surface area (Å²) in [7, 11) is -3.24. The third-order valence-corrected chi connectivity index (χ3v) is 6.86. The zero-order valence-electron chi connectivity index (χ0n) is 15.5. The first kappa shape index (κ1) is 19.5. The van der Waals surface area contributed by atoms with Crippen molar-refractivity contribution in [3.05, 3.63) is 58.5 Å². The molecule has 0 radical (unpaired) electrons. The van der Waals surface area contributed by atoms with Crippen molar-refractivity contribution in [1.29, 1.82) is 0 Å². The first-order valence-corrected chi connectivity index (χ1v) is 12.1. The molecule has 0 saturated carbocycles. The molecule has 0 spiro atoms. The smallest absolute Gasteiger partial charge is 0.275 e. The predicted molar refractivity (Wildman–Crippen MR) is 117 cm³/mol. The Labute approximate surface area is 175 Å². The molecule has 2 N–H and O–H groups in total. The van der Waals surface area contributed by atoms with Crippen LogP contribution in [0.4, 0.5) is 16.5 Å². The Kier molecular flexibility index (Phi) is 5.07. The van der Waals surface area contributed by atoms with Crippen molar-refractivity contribution in [1.82, 2.24) is 9.97 Å². The van der Waals surface area contributed by atoms with Crippen LogP contribution in [0.2, 0.25) is 0 Å². The molecule has 0 aliphatic rings. The van der Waals surface area contributed by atoms with Crippen LogP contribution in [0.1, 0.15) is 15.5 Å². The van der Waals surface area contributed by atoms with Crippen molar-refractivity contribution in [3.63, 3.8) is 0 Å². The fourth-order valence-corrected chi connectivity index (χ4v) is 4.81. The Morgan fingerprint density at radius 2 is 1.76 bits per heavy atom. The van der Waals surface area contributed by atoms with Crippen LogP contribution in [0.15, 0.2) is 52.7 Å². The van der Waals surface area contributed by atoms with E-state index in [2.05, 4.69) is 20.6 Å². The number of benzene rings is 2. The van der Waals surface area contributed by atoms with Crippen molar-refractivity contribution < 1.29 is 13.2 Å². The number of anilines is 3. The lowest BCUT2D eigenvalue weighted by Gasteiger charge is -2.04. The van der Waals surface area contributed by atoms with Gasteiger partial charge in [0.05, 0.1) is 20.1 Å². The number of fused-ring (bicyclic) bond motifs is 1.